The maximum Gasteiger partial charge on any atom is 0.417 e. The molecule has 0 aromatic heterocycles. The van der Waals surface area contributed by atoms with Crippen LogP contribution in [0.5, 0.6) is 11.5 Å². The van der Waals surface area contributed by atoms with E-state index in [0.29, 0.717) is 0 Å². The van der Waals surface area contributed by atoms with E-state index in [1.54, 1.807) is 24.3 Å². The average Bonchev–Trinajstić information content (AvgIpc) is 2.89. The number of nitrogens with two attached hydrogens (primary N) is 1. The number of ether oxygens (including phenoxy) is 1. The van der Waals surface area contributed by atoms with Crippen LogP contribution in [-0.4, -0.2) is 76.0 Å². The van der Waals surface area contributed by atoms with Crippen molar-refractivity contribution in [1.82, 2.24) is 4.90 Å². The number of nitrogens with one attached hydrogen (secondary N) is 1. The number of anilines is 1. The van der Waals surface area contributed by atoms with Gasteiger partial charge in [-0.2, -0.15) is 0 Å². The number of aliphatic hydroxyl groups is 1. The van der Waals surface area contributed by atoms with E-state index in [4.69, 9.17) is 10.5 Å². The topological polar surface area (TPSA) is 193 Å². The fourth-order valence-electron chi connectivity index (χ4n) is 6.57. The molecule has 41 heavy (non-hydrogen) atoms. The normalized spacial score (nSPS) is 29.0. The summed E-state index contributed by atoms with van der Waals surface area (Å²) in [6.07, 6.45) is -0.952. The molecule has 3 aliphatic rings. The van der Waals surface area contributed by atoms with Crippen molar-refractivity contribution >= 4 is 40.8 Å². The molecule has 5 rings (SSSR count). The van der Waals surface area contributed by atoms with Crippen LogP contribution in [0.1, 0.15) is 27.9 Å². The van der Waals surface area contributed by atoms with Crippen LogP contribution in [0.15, 0.2) is 36.4 Å². The number of primary amides is 1. The highest BCUT2D eigenvalue weighted by Crippen LogP contribution is 2.51. The lowest BCUT2D eigenvalue weighted by atomic mass is 9.52. The molecule has 0 saturated heterocycles. The number of likely N-dealkylation sites (N-methyl/N-ethyl adjacent to an activating group) is 1. The Morgan fingerprint density at radius 1 is 1.05 bits per heavy atom. The first-order chi connectivity index (χ1) is 19.3. The maximum atomic E-state index is 13.8. The Kier molecular flexibility index (Phi) is 6.79. The molecule has 5 N–H and O–H groups in total. The second-order valence-electron chi connectivity index (χ2n) is 11.1. The number of Topliss-reactive ketones (excluding diaryl/α,β-unsaturated/α-hetero) is 4. The van der Waals surface area contributed by atoms with Gasteiger partial charge < -0.3 is 20.7 Å². The smallest absolute Gasteiger partial charge is 0.417 e. The summed E-state index contributed by atoms with van der Waals surface area (Å²) in [4.78, 5) is 80.3. The van der Waals surface area contributed by atoms with E-state index in [-0.39, 0.29) is 35.4 Å². The van der Waals surface area contributed by atoms with Gasteiger partial charge in [-0.25, -0.2) is 4.79 Å². The monoisotopic (exact) mass is 563 g/mol. The summed E-state index contributed by atoms with van der Waals surface area (Å²) in [6.45, 7) is 1.88. The Labute approximate surface area is 234 Å². The summed E-state index contributed by atoms with van der Waals surface area (Å²) >= 11 is 0. The van der Waals surface area contributed by atoms with E-state index in [1.807, 2.05) is 6.92 Å². The van der Waals surface area contributed by atoms with E-state index in [9.17, 15) is 39.0 Å². The molecule has 0 spiro atoms. The molecule has 0 radical (unpaired) electrons. The molecule has 0 aliphatic heterocycles. The minimum Gasteiger partial charge on any atom is -0.507 e. The molecule has 2 saturated carbocycles. The molecule has 0 bridgehead atoms. The number of phenols is 1. The number of aryl methyl sites for hydroxylation is 1. The van der Waals surface area contributed by atoms with E-state index in [2.05, 4.69) is 5.32 Å². The van der Waals surface area contributed by atoms with Crippen LogP contribution >= 0.6 is 0 Å². The molecular formula is C29H29N3O9. The summed E-state index contributed by atoms with van der Waals surface area (Å²) in [5.74, 6) is -11.2. The van der Waals surface area contributed by atoms with Crippen molar-refractivity contribution in [2.75, 3.05) is 19.4 Å². The molecule has 12 nitrogen and oxygen atoms in total. The summed E-state index contributed by atoms with van der Waals surface area (Å²) < 4.78 is 5.32. The minimum absolute atomic E-state index is 0.000380. The van der Waals surface area contributed by atoms with Crippen molar-refractivity contribution in [3.05, 3.63) is 53.1 Å². The molecule has 2 aromatic carbocycles. The van der Waals surface area contributed by atoms with Crippen molar-refractivity contribution in [3.8, 4) is 11.5 Å². The number of fused-ring (bicyclic) bond motifs is 3. The van der Waals surface area contributed by atoms with Gasteiger partial charge in [0.25, 0.3) is 0 Å². The minimum atomic E-state index is -2.81. The van der Waals surface area contributed by atoms with Crippen molar-refractivity contribution in [1.29, 1.82) is 0 Å². The summed E-state index contributed by atoms with van der Waals surface area (Å²) in [5, 5.41) is 24.8. The SMILES string of the molecule is Cc1ccc(OC(=O)Nc2ccc(O)c3c2CC2CC4C(N(C)C)C(=O)C(C(N)=O)C(=O)C4(O)C(=O)C2C3=O)cc1. The lowest BCUT2D eigenvalue weighted by Gasteiger charge is -2.52. The Bertz CT molecular complexity index is 1520. The van der Waals surface area contributed by atoms with Crippen LogP contribution in [-0.2, 0) is 25.6 Å². The second kappa shape index (κ2) is 9.89. The Morgan fingerprint density at radius 3 is 2.32 bits per heavy atom. The molecule has 0 heterocycles. The molecule has 2 amide bonds. The number of carbonyl (C=O) groups is 6. The molecule has 3 aliphatic carbocycles. The summed E-state index contributed by atoms with van der Waals surface area (Å²) in [7, 11) is 3.02. The van der Waals surface area contributed by atoms with E-state index >= 15 is 0 Å². The fraction of sp³-hybridized carbons (Fsp3) is 0.379. The highest BCUT2D eigenvalue weighted by Gasteiger charge is 2.69. The molecule has 6 unspecified atom stereocenters. The van der Waals surface area contributed by atoms with Crippen molar-refractivity contribution in [3.63, 3.8) is 0 Å². The van der Waals surface area contributed by atoms with Gasteiger partial charge in [-0.15, -0.1) is 0 Å². The van der Waals surface area contributed by atoms with Gasteiger partial charge in [0, 0.05) is 11.6 Å². The zero-order valence-corrected chi connectivity index (χ0v) is 22.5. The largest absolute Gasteiger partial charge is 0.507 e. The van der Waals surface area contributed by atoms with Crippen molar-refractivity contribution in [2.24, 2.45) is 29.4 Å². The maximum absolute atomic E-state index is 13.8. The number of hydrogen-bond acceptors (Lipinski definition) is 10. The number of benzene rings is 2. The number of ketones is 4. The van der Waals surface area contributed by atoms with Crippen LogP contribution in [0.25, 0.3) is 0 Å². The predicted octanol–water partition coefficient (Wildman–Crippen LogP) is 0.786. The Morgan fingerprint density at radius 2 is 1.71 bits per heavy atom. The predicted molar refractivity (Wildman–Crippen MR) is 142 cm³/mol. The lowest BCUT2D eigenvalue weighted by Crippen LogP contribution is -2.74. The lowest BCUT2D eigenvalue weighted by molar-refractivity contribution is -0.181. The van der Waals surface area contributed by atoms with Gasteiger partial charge in [0.15, 0.2) is 34.7 Å². The van der Waals surface area contributed by atoms with Gasteiger partial charge in [0.1, 0.15) is 11.5 Å². The zero-order chi connectivity index (χ0) is 30.0. The van der Waals surface area contributed by atoms with Crippen molar-refractivity contribution in [2.45, 2.75) is 31.4 Å². The van der Waals surface area contributed by atoms with Gasteiger partial charge in [-0.05, 0) is 69.6 Å². The number of carbonyl (C=O) groups excluding carboxylic acids is 6. The second-order valence-corrected chi connectivity index (χ2v) is 11.1. The number of phenolic OH excluding ortho intramolecular Hbond substituents is 1. The van der Waals surface area contributed by atoms with E-state index in [0.717, 1.165) is 5.56 Å². The van der Waals surface area contributed by atoms with E-state index < -0.39 is 76.2 Å². The van der Waals surface area contributed by atoms with Gasteiger partial charge in [-0.1, -0.05) is 17.7 Å². The van der Waals surface area contributed by atoms with Gasteiger partial charge in [-0.3, -0.25) is 34.2 Å². The Hall–Kier alpha value is -4.42. The highest BCUT2D eigenvalue weighted by molar-refractivity contribution is 6.32. The molecular weight excluding hydrogens is 534 g/mol. The van der Waals surface area contributed by atoms with Crippen LogP contribution in [0, 0.1) is 30.6 Å². The molecule has 2 fully saturated rings. The van der Waals surface area contributed by atoms with E-state index in [1.165, 1.54) is 31.1 Å². The quantitative estimate of drug-likeness (QED) is 0.305. The number of aromatic hydroxyl groups is 1. The van der Waals surface area contributed by atoms with Gasteiger partial charge in [0.05, 0.1) is 17.5 Å². The van der Waals surface area contributed by atoms with Gasteiger partial charge >= 0.3 is 6.09 Å². The number of hydrogen-bond donors (Lipinski definition) is 4. The molecule has 214 valence electrons. The van der Waals surface area contributed by atoms with Crippen LogP contribution < -0.4 is 15.8 Å². The van der Waals surface area contributed by atoms with Gasteiger partial charge in [0.2, 0.25) is 5.91 Å². The standard InChI is InChI=1S/C29H29N3O9/c1-12-4-6-14(7-5-12)41-28(39)31-17-8-9-18(33)20-15(17)10-13-11-16-22(32(2)3)24(35)21(27(30)38)26(37)29(16,40)25(36)19(13)23(20)34/h4-9,13,16,19,21-22,33,40H,10-11H2,1-3H3,(H2,30,38)(H,31,39). The summed E-state index contributed by atoms with van der Waals surface area (Å²) in [6, 6.07) is 8.12. The number of amides is 2. The summed E-state index contributed by atoms with van der Waals surface area (Å²) in [5.41, 5.74) is 3.68. The molecule has 2 aromatic rings. The molecule has 12 heteroatoms. The Balaban J connectivity index is 1.52. The number of nitrogens with zero attached hydrogens (tertiary/aromatic N) is 1. The third kappa shape index (κ3) is 4.30. The first kappa shape index (κ1) is 28.1. The van der Waals surface area contributed by atoms with Crippen LogP contribution in [0.3, 0.4) is 0 Å². The zero-order valence-electron chi connectivity index (χ0n) is 22.5. The highest BCUT2D eigenvalue weighted by atomic mass is 16.6. The third-order valence-corrected chi connectivity index (χ3v) is 8.41. The average molecular weight is 564 g/mol. The van der Waals surface area contributed by atoms with Crippen LogP contribution in [0.2, 0.25) is 0 Å². The first-order valence-corrected chi connectivity index (χ1v) is 13.0. The third-order valence-electron chi connectivity index (χ3n) is 8.41. The fourth-order valence-corrected chi connectivity index (χ4v) is 6.57. The first-order valence-electron chi connectivity index (χ1n) is 13.0. The van der Waals surface area contributed by atoms with Crippen molar-refractivity contribution < 1.29 is 43.7 Å². The molecule has 6 atom stereocenters. The number of rotatable bonds is 4. The van der Waals surface area contributed by atoms with Crippen LogP contribution in [0.4, 0.5) is 10.5 Å².